The van der Waals surface area contributed by atoms with Gasteiger partial charge in [-0.2, -0.15) is 0 Å². The van der Waals surface area contributed by atoms with Gasteiger partial charge in [-0.05, 0) is 51.2 Å². The average Bonchev–Trinajstić information content (AvgIpc) is 3.09. The summed E-state index contributed by atoms with van der Waals surface area (Å²) in [4.78, 5) is 11.5. The van der Waals surface area contributed by atoms with Crippen LogP contribution in [0.1, 0.15) is 38.7 Å². The van der Waals surface area contributed by atoms with Crippen LogP contribution in [0.5, 0.6) is 5.75 Å². The van der Waals surface area contributed by atoms with Gasteiger partial charge >= 0.3 is 6.09 Å². The SMILES string of the molecule is CC(C)(C)OC(=O)NCC1CC1c1c(O)ccc(F)c1F. The molecule has 0 saturated heterocycles. The maximum atomic E-state index is 13.7. The number of carbonyl (C=O) groups is 1. The molecule has 116 valence electrons. The summed E-state index contributed by atoms with van der Waals surface area (Å²) in [5, 5.41) is 12.3. The van der Waals surface area contributed by atoms with Gasteiger partial charge < -0.3 is 15.2 Å². The highest BCUT2D eigenvalue weighted by Gasteiger charge is 2.42. The second-order valence-electron chi connectivity index (χ2n) is 6.28. The maximum absolute atomic E-state index is 13.7. The second-order valence-corrected chi connectivity index (χ2v) is 6.28. The number of hydrogen-bond acceptors (Lipinski definition) is 3. The zero-order valence-electron chi connectivity index (χ0n) is 12.2. The van der Waals surface area contributed by atoms with Gasteiger partial charge in [0.25, 0.3) is 0 Å². The fourth-order valence-corrected chi connectivity index (χ4v) is 2.26. The molecule has 0 aromatic heterocycles. The molecule has 2 rings (SSSR count). The Balaban J connectivity index is 1.91. The summed E-state index contributed by atoms with van der Waals surface area (Å²) < 4.78 is 32.0. The normalized spacial score (nSPS) is 21.0. The van der Waals surface area contributed by atoms with E-state index in [-0.39, 0.29) is 23.1 Å². The van der Waals surface area contributed by atoms with Crippen molar-refractivity contribution in [1.82, 2.24) is 5.32 Å². The van der Waals surface area contributed by atoms with Crippen LogP contribution in [0.25, 0.3) is 0 Å². The molecule has 0 bridgehead atoms. The van der Waals surface area contributed by atoms with E-state index in [1.807, 2.05) is 0 Å². The van der Waals surface area contributed by atoms with E-state index in [1.165, 1.54) is 0 Å². The molecule has 1 aliphatic carbocycles. The fourth-order valence-electron chi connectivity index (χ4n) is 2.26. The third kappa shape index (κ3) is 3.83. The molecular weight excluding hydrogens is 280 g/mol. The number of rotatable bonds is 3. The first-order chi connectivity index (χ1) is 9.69. The lowest BCUT2D eigenvalue weighted by molar-refractivity contribution is 0.0525. The van der Waals surface area contributed by atoms with Crippen LogP contribution in [0.4, 0.5) is 13.6 Å². The van der Waals surface area contributed by atoms with Gasteiger partial charge in [-0.3, -0.25) is 0 Å². The summed E-state index contributed by atoms with van der Waals surface area (Å²) in [5.74, 6) is -2.55. The Morgan fingerprint density at radius 2 is 2.10 bits per heavy atom. The van der Waals surface area contributed by atoms with Crippen molar-refractivity contribution >= 4 is 6.09 Å². The van der Waals surface area contributed by atoms with Crippen LogP contribution >= 0.6 is 0 Å². The molecule has 4 nitrogen and oxygen atoms in total. The van der Waals surface area contributed by atoms with Gasteiger partial charge in [0.15, 0.2) is 11.6 Å². The summed E-state index contributed by atoms with van der Waals surface area (Å²) in [5.41, 5.74) is -0.592. The van der Waals surface area contributed by atoms with Crippen LogP contribution < -0.4 is 5.32 Å². The molecule has 2 N–H and O–H groups in total. The number of aromatic hydroxyl groups is 1. The number of carbonyl (C=O) groups excluding carboxylic acids is 1. The average molecular weight is 299 g/mol. The third-order valence-electron chi connectivity index (χ3n) is 3.31. The van der Waals surface area contributed by atoms with Crippen molar-refractivity contribution in [2.45, 2.75) is 38.7 Å². The van der Waals surface area contributed by atoms with Gasteiger partial charge in [-0.25, -0.2) is 13.6 Å². The van der Waals surface area contributed by atoms with Crippen molar-refractivity contribution in [3.05, 3.63) is 29.3 Å². The van der Waals surface area contributed by atoms with Crippen LogP contribution in [-0.4, -0.2) is 23.3 Å². The van der Waals surface area contributed by atoms with Crippen molar-refractivity contribution in [2.24, 2.45) is 5.92 Å². The van der Waals surface area contributed by atoms with E-state index < -0.39 is 23.3 Å². The van der Waals surface area contributed by atoms with Gasteiger partial charge in [-0.15, -0.1) is 0 Å². The first-order valence-corrected chi connectivity index (χ1v) is 6.82. The molecule has 0 radical (unpaired) electrons. The highest BCUT2D eigenvalue weighted by atomic mass is 19.2. The lowest BCUT2D eigenvalue weighted by atomic mass is 10.1. The maximum Gasteiger partial charge on any atom is 0.407 e. The van der Waals surface area contributed by atoms with Gasteiger partial charge in [0.05, 0.1) is 0 Å². The van der Waals surface area contributed by atoms with Crippen molar-refractivity contribution < 1.29 is 23.4 Å². The number of alkyl carbamates (subject to hydrolysis) is 1. The number of ether oxygens (including phenoxy) is 1. The van der Waals surface area contributed by atoms with Crippen molar-refractivity contribution in [3.63, 3.8) is 0 Å². The summed E-state index contributed by atoms with van der Waals surface area (Å²) in [6, 6.07) is 2.04. The van der Waals surface area contributed by atoms with E-state index in [2.05, 4.69) is 5.32 Å². The van der Waals surface area contributed by atoms with Gasteiger partial charge in [0, 0.05) is 12.1 Å². The topological polar surface area (TPSA) is 58.6 Å². The number of halogens is 2. The predicted molar refractivity (Wildman–Crippen MR) is 73.1 cm³/mol. The van der Waals surface area contributed by atoms with Crippen LogP contribution in [-0.2, 0) is 4.74 Å². The second kappa shape index (κ2) is 5.50. The molecule has 1 fully saturated rings. The third-order valence-corrected chi connectivity index (χ3v) is 3.31. The monoisotopic (exact) mass is 299 g/mol. The Bertz CT molecular complexity index is 555. The molecule has 0 aliphatic heterocycles. The number of benzene rings is 1. The summed E-state index contributed by atoms with van der Waals surface area (Å²) in [6.45, 7) is 5.57. The summed E-state index contributed by atoms with van der Waals surface area (Å²) >= 11 is 0. The largest absolute Gasteiger partial charge is 0.508 e. The number of phenolic OH excluding ortho intramolecular Hbond substituents is 1. The number of hydrogen-bond donors (Lipinski definition) is 2. The molecule has 0 heterocycles. The minimum Gasteiger partial charge on any atom is -0.508 e. The molecule has 1 saturated carbocycles. The lowest BCUT2D eigenvalue weighted by Crippen LogP contribution is -2.33. The number of nitrogens with one attached hydrogen (secondary N) is 1. The highest BCUT2D eigenvalue weighted by molar-refractivity contribution is 5.67. The molecule has 1 amide bonds. The first-order valence-electron chi connectivity index (χ1n) is 6.82. The minimum atomic E-state index is -1.01. The van der Waals surface area contributed by atoms with Crippen LogP contribution in [0.2, 0.25) is 0 Å². The number of amides is 1. The molecule has 1 aromatic rings. The van der Waals surface area contributed by atoms with E-state index in [0.717, 1.165) is 12.1 Å². The van der Waals surface area contributed by atoms with Crippen molar-refractivity contribution in [2.75, 3.05) is 6.54 Å². The molecule has 1 aromatic carbocycles. The highest BCUT2D eigenvalue weighted by Crippen LogP contribution is 2.51. The Morgan fingerprint density at radius 3 is 2.71 bits per heavy atom. The van der Waals surface area contributed by atoms with Crippen molar-refractivity contribution in [3.8, 4) is 5.75 Å². The summed E-state index contributed by atoms with van der Waals surface area (Å²) in [6.07, 6.45) is 0.0427. The van der Waals surface area contributed by atoms with E-state index in [4.69, 9.17) is 4.74 Å². The number of phenols is 1. The van der Waals surface area contributed by atoms with E-state index in [1.54, 1.807) is 20.8 Å². The van der Waals surface area contributed by atoms with E-state index >= 15 is 0 Å². The standard InChI is InChI=1S/C15H19F2NO3/c1-15(2,3)21-14(20)18-7-8-6-9(8)12-11(19)5-4-10(16)13(12)17/h4-5,8-9,19H,6-7H2,1-3H3,(H,18,20). The summed E-state index contributed by atoms with van der Waals surface area (Å²) in [7, 11) is 0. The quantitative estimate of drug-likeness (QED) is 0.900. The molecule has 6 heteroatoms. The zero-order valence-corrected chi connectivity index (χ0v) is 12.2. The van der Waals surface area contributed by atoms with E-state index in [9.17, 15) is 18.7 Å². The van der Waals surface area contributed by atoms with Crippen LogP contribution in [0.3, 0.4) is 0 Å². The van der Waals surface area contributed by atoms with Crippen molar-refractivity contribution in [1.29, 1.82) is 0 Å². The first kappa shape index (κ1) is 15.5. The van der Waals surface area contributed by atoms with Gasteiger partial charge in [-0.1, -0.05) is 0 Å². The molecule has 0 spiro atoms. The van der Waals surface area contributed by atoms with E-state index in [0.29, 0.717) is 13.0 Å². The molecule has 2 atom stereocenters. The smallest absolute Gasteiger partial charge is 0.407 e. The molecule has 21 heavy (non-hydrogen) atoms. The molecular formula is C15H19F2NO3. The Kier molecular flexibility index (Phi) is 4.07. The molecule has 2 unspecified atom stereocenters. The Labute approximate surface area is 122 Å². The fraction of sp³-hybridized carbons (Fsp3) is 0.533. The molecule has 1 aliphatic rings. The lowest BCUT2D eigenvalue weighted by Gasteiger charge is -2.19. The van der Waals surface area contributed by atoms with Crippen LogP contribution in [0.15, 0.2) is 12.1 Å². The Morgan fingerprint density at radius 1 is 1.43 bits per heavy atom. The van der Waals surface area contributed by atoms with Crippen LogP contribution in [0, 0.1) is 17.6 Å². The predicted octanol–water partition coefficient (Wildman–Crippen LogP) is 3.30. The zero-order chi connectivity index (χ0) is 15.8. The van der Waals surface area contributed by atoms with Gasteiger partial charge in [0.1, 0.15) is 11.4 Å². The minimum absolute atomic E-state index is 0.00834. The Hall–Kier alpha value is -1.85. The van der Waals surface area contributed by atoms with Gasteiger partial charge in [0.2, 0.25) is 0 Å².